The van der Waals surface area contributed by atoms with Gasteiger partial charge in [0.05, 0.1) is 29.9 Å². The molecule has 0 fully saturated rings. The van der Waals surface area contributed by atoms with Gasteiger partial charge in [0, 0.05) is 4.47 Å². The average Bonchev–Trinajstić information content (AvgIpc) is 2.90. The zero-order valence-electron chi connectivity index (χ0n) is 14.5. The summed E-state index contributed by atoms with van der Waals surface area (Å²) >= 11 is 3.30. The van der Waals surface area contributed by atoms with Gasteiger partial charge in [0.15, 0.2) is 0 Å². The van der Waals surface area contributed by atoms with Crippen LogP contribution in [0.2, 0.25) is 0 Å². The van der Waals surface area contributed by atoms with E-state index >= 15 is 0 Å². The molecule has 1 heterocycles. The van der Waals surface area contributed by atoms with Crippen LogP contribution >= 0.6 is 15.9 Å². The zero-order valence-corrected chi connectivity index (χ0v) is 16.9. The van der Waals surface area contributed by atoms with Gasteiger partial charge in [-0.05, 0) is 44.2 Å². The van der Waals surface area contributed by atoms with E-state index in [1.165, 1.54) is 13.2 Å². The lowest BCUT2D eigenvalue weighted by Crippen LogP contribution is -2.15. The van der Waals surface area contributed by atoms with E-state index in [1.807, 2.05) is 37.3 Å². The molecule has 1 N–H and O–H groups in total. The molecule has 6 nitrogen and oxygen atoms in total. The average molecular weight is 436 g/mol. The number of anilines is 1. The summed E-state index contributed by atoms with van der Waals surface area (Å²) in [5.41, 5.74) is 2.60. The van der Waals surface area contributed by atoms with Gasteiger partial charge < -0.3 is 4.74 Å². The number of ether oxygens (including phenoxy) is 1. The Morgan fingerprint density at radius 2 is 1.81 bits per heavy atom. The summed E-state index contributed by atoms with van der Waals surface area (Å²) in [6.45, 7) is 3.59. The summed E-state index contributed by atoms with van der Waals surface area (Å²) in [5, 5.41) is 4.47. The minimum Gasteiger partial charge on any atom is -0.495 e. The molecule has 0 spiro atoms. The van der Waals surface area contributed by atoms with Crippen molar-refractivity contribution < 1.29 is 13.2 Å². The van der Waals surface area contributed by atoms with Crippen molar-refractivity contribution in [1.29, 1.82) is 0 Å². The maximum Gasteiger partial charge on any atom is 0.265 e. The Morgan fingerprint density at radius 3 is 2.46 bits per heavy atom. The molecule has 136 valence electrons. The number of sulfonamides is 1. The molecule has 3 rings (SSSR count). The van der Waals surface area contributed by atoms with E-state index < -0.39 is 10.0 Å². The number of halogens is 1. The Morgan fingerprint density at radius 1 is 1.12 bits per heavy atom. The number of aromatic nitrogens is 2. The lowest BCUT2D eigenvalue weighted by molar-refractivity contribution is 0.403. The Kier molecular flexibility index (Phi) is 5.06. The van der Waals surface area contributed by atoms with E-state index in [9.17, 15) is 8.42 Å². The van der Waals surface area contributed by atoms with Crippen LogP contribution in [0.1, 0.15) is 11.4 Å². The minimum atomic E-state index is -3.85. The molecule has 0 aliphatic heterocycles. The van der Waals surface area contributed by atoms with Crippen molar-refractivity contribution >= 4 is 31.6 Å². The number of benzene rings is 2. The van der Waals surface area contributed by atoms with E-state index in [1.54, 1.807) is 23.7 Å². The number of hydrogen-bond acceptors (Lipinski definition) is 4. The van der Waals surface area contributed by atoms with Gasteiger partial charge in [-0.25, -0.2) is 13.1 Å². The van der Waals surface area contributed by atoms with Crippen LogP contribution in [-0.2, 0) is 10.0 Å². The van der Waals surface area contributed by atoms with Crippen LogP contribution in [-0.4, -0.2) is 25.3 Å². The molecule has 0 atom stereocenters. The number of aryl methyl sites for hydroxylation is 1. The normalized spacial score (nSPS) is 11.4. The summed E-state index contributed by atoms with van der Waals surface area (Å²) in [5.74, 6) is 0.270. The first-order valence-electron chi connectivity index (χ1n) is 7.81. The molecule has 2 aromatic carbocycles. The molecule has 26 heavy (non-hydrogen) atoms. The summed E-state index contributed by atoms with van der Waals surface area (Å²) in [6.07, 6.45) is 0. The smallest absolute Gasteiger partial charge is 0.265 e. The molecule has 0 aliphatic rings. The standard InChI is InChI=1S/C18H18BrN3O3S/c1-12-18(13(2)22(20-12)15-7-5-4-6-8-15)21-26(23,24)17-11-14(19)9-10-16(17)25-3/h4-11,21H,1-3H3. The molecule has 3 aromatic rings. The molecule has 0 radical (unpaired) electrons. The molecular formula is C18H18BrN3O3S. The third-order valence-electron chi connectivity index (χ3n) is 3.94. The van der Waals surface area contributed by atoms with Gasteiger partial charge in [-0.15, -0.1) is 0 Å². The van der Waals surface area contributed by atoms with Crippen LogP contribution in [0.25, 0.3) is 5.69 Å². The van der Waals surface area contributed by atoms with Crippen LogP contribution in [0.5, 0.6) is 5.75 Å². The molecule has 0 saturated carbocycles. The molecular weight excluding hydrogens is 418 g/mol. The number of rotatable bonds is 5. The Bertz CT molecular complexity index is 1050. The number of methoxy groups -OCH3 is 1. The molecule has 0 saturated heterocycles. The fourth-order valence-electron chi connectivity index (χ4n) is 2.66. The summed E-state index contributed by atoms with van der Waals surface area (Å²) < 4.78 is 36.1. The fourth-order valence-corrected chi connectivity index (χ4v) is 4.55. The van der Waals surface area contributed by atoms with Crippen molar-refractivity contribution in [2.45, 2.75) is 18.7 Å². The highest BCUT2D eigenvalue weighted by Crippen LogP contribution is 2.31. The first-order valence-corrected chi connectivity index (χ1v) is 10.1. The quantitative estimate of drug-likeness (QED) is 0.655. The fraction of sp³-hybridized carbons (Fsp3) is 0.167. The van der Waals surface area contributed by atoms with Crippen molar-refractivity contribution in [2.24, 2.45) is 0 Å². The molecule has 0 aliphatic carbocycles. The molecule has 8 heteroatoms. The third-order valence-corrected chi connectivity index (χ3v) is 5.81. The third kappa shape index (κ3) is 3.47. The highest BCUT2D eigenvalue weighted by molar-refractivity contribution is 9.10. The first-order chi connectivity index (χ1) is 12.3. The molecule has 0 unspecified atom stereocenters. The SMILES string of the molecule is COc1ccc(Br)cc1S(=O)(=O)Nc1c(C)nn(-c2ccccc2)c1C. The van der Waals surface area contributed by atoms with Crippen molar-refractivity contribution in [3.8, 4) is 11.4 Å². The lowest BCUT2D eigenvalue weighted by atomic mass is 10.3. The highest BCUT2D eigenvalue weighted by Gasteiger charge is 2.24. The summed E-state index contributed by atoms with van der Waals surface area (Å²) in [6, 6.07) is 14.4. The summed E-state index contributed by atoms with van der Waals surface area (Å²) in [7, 11) is -2.41. The van der Waals surface area contributed by atoms with E-state index in [0.717, 1.165) is 5.69 Å². The van der Waals surface area contributed by atoms with Crippen LogP contribution in [0.4, 0.5) is 5.69 Å². The van der Waals surface area contributed by atoms with Gasteiger partial charge in [0.25, 0.3) is 10.0 Å². The molecule has 1 aromatic heterocycles. The Labute approximate surface area is 161 Å². The number of hydrogen-bond donors (Lipinski definition) is 1. The van der Waals surface area contributed by atoms with Crippen LogP contribution in [0, 0.1) is 13.8 Å². The van der Waals surface area contributed by atoms with Crippen LogP contribution < -0.4 is 9.46 Å². The topological polar surface area (TPSA) is 73.2 Å². The summed E-state index contributed by atoms with van der Waals surface area (Å²) in [4.78, 5) is 0.0561. The minimum absolute atomic E-state index is 0.0561. The highest BCUT2D eigenvalue weighted by atomic mass is 79.9. The van der Waals surface area contributed by atoms with Crippen molar-refractivity contribution in [2.75, 3.05) is 11.8 Å². The van der Waals surface area contributed by atoms with E-state index in [4.69, 9.17) is 4.74 Å². The zero-order chi connectivity index (χ0) is 18.9. The van der Waals surface area contributed by atoms with Gasteiger partial charge in [0.2, 0.25) is 0 Å². The Balaban J connectivity index is 2.04. The molecule has 0 bridgehead atoms. The van der Waals surface area contributed by atoms with Crippen molar-refractivity contribution in [3.05, 3.63) is 64.4 Å². The van der Waals surface area contributed by atoms with Gasteiger partial charge in [-0.2, -0.15) is 5.10 Å². The first kappa shape index (κ1) is 18.5. The van der Waals surface area contributed by atoms with Crippen molar-refractivity contribution in [1.82, 2.24) is 9.78 Å². The Hall–Kier alpha value is -2.32. The van der Waals surface area contributed by atoms with Gasteiger partial charge in [-0.3, -0.25) is 4.72 Å². The largest absolute Gasteiger partial charge is 0.495 e. The van der Waals surface area contributed by atoms with E-state index in [0.29, 0.717) is 21.5 Å². The van der Waals surface area contributed by atoms with Crippen molar-refractivity contribution in [3.63, 3.8) is 0 Å². The number of nitrogens with one attached hydrogen (secondary N) is 1. The lowest BCUT2D eigenvalue weighted by Gasteiger charge is -2.12. The van der Waals surface area contributed by atoms with Gasteiger partial charge in [0.1, 0.15) is 10.6 Å². The van der Waals surface area contributed by atoms with E-state index in [2.05, 4.69) is 25.8 Å². The van der Waals surface area contributed by atoms with Gasteiger partial charge in [-0.1, -0.05) is 34.1 Å². The van der Waals surface area contributed by atoms with Crippen LogP contribution in [0.15, 0.2) is 57.9 Å². The molecule has 0 amide bonds. The van der Waals surface area contributed by atoms with Crippen LogP contribution in [0.3, 0.4) is 0 Å². The van der Waals surface area contributed by atoms with Gasteiger partial charge >= 0.3 is 0 Å². The second kappa shape index (κ2) is 7.13. The number of nitrogens with zero attached hydrogens (tertiary/aromatic N) is 2. The predicted octanol–water partition coefficient (Wildman–Crippen LogP) is 4.06. The predicted molar refractivity (Wildman–Crippen MR) is 105 cm³/mol. The second-order valence-corrected chi connectivity index (χ2v) is 8.26. The maximum absolute atomic E-state index is 12.9. The second-order valence-electron chi connectivity index (χ2n) is 5.69. The van der Waals surface area contributed by atoms with E-state index in [-0.39, 0.29) is 10.6 Å². The maximum atomic E-state index is 12.9. The monoisotopic (exact) mass is 435 g/mol. The number of para-hydroxylation sites is 1.